The van der Waals surface area contributed by atoms with E-state index in [1.54, 1.807) is 0 Å². The summed E-state index contributed by atoms with van der Waals surface area (Å²) in [5, 5.41) is 20.5. The molecule has 0 fully saturated rings. The van der Waals surface area contributed by atoms with Crippen LogP contribution in [0.4, 0.5) is 4.79 Å². The van der Waals surface area contributed by atoms with Crippen LogP contribution >= 0.6 is 15.9 Å². The molecule has 0 saturated carbocycles. The second-order valence-electron chi connectivity index (χ2n) is 4.22. The van der Waals surface area contributed by atoms with Gasteiger partial charge in [0.2, 0.25) is 5.82 Å². The van der Waals surface area contributed by atoms with E-state index in [0.717, 1.165) is 10.0 Å². The lowest BCUT2D eigenvalue weighted by molar-refractivity contribution is 0.101. The van der Waals surface area contributed by atoms with E-state index in [1.807, 2.05) is 24.3 Å². The number of carbonyl (C=O) groups excluding carboxylic acids is 1. The molecule has 1 atom stereocenters. The van der Waals surface area contributed by atoms with Crippen LogP contribution in [0.15, 0.2) is 28.7 Å². The predicted molar refractivity (Wildman–Crippen MR) is 76.2 cm³/mol. The SMILES string of the molecule is NC(=O)O[C@@H](Cc1ccc(Br)cc1)c1nnn(CCO)n1. The van der Waals surface area contributed by atoms with Gasteiger partial charge in [0.05, 0.1) is 13.2 Å². The Morgan fingerprint density at radius 1 is 1.43 bits per heavy atom. The molecule has 21 heavy (non-hydrogen) atoms. The monoisotopic (exact) mass is 355 g/mol. The summed E-state index contributed by atoms with van der Waals surface area (Å²) in [7, 11) is 0. The Morgan fingerprint density at radius 2 is 2.14 bits per heavy atom. The molecule has 2 rings (SSSR count). The van der Waals surface area contributed by atoms with Crippen molar-refractivity contribution >= 4 is 22.0 Å². The molecule has 0 unspecified atom stereocenters. The quantitative estimate of drug-likeness (QED) is 0.791. The third-order valence-corrected chi connectivity index (χ3v) is 3.18. The number of carbonyl (C=O) groups is 1. The lowest BCUT2D eigenvalue weighted by Crippen LogP contribution is -2.20. The normalized spacial score (nSPS) is 12.1. The molecule has 8 nitrogen and oxygen atoms in total. The minimum Gasteiger partial charge on any atom is -0.438 e. The fourth-order valence-electron chi connectivity index (χ4n) is 1.73. The van der Waals surface area contributed by atoms with Crippen LogP contribution in [0.3, 0.4) is 0 Å². The fourth-order valence-corrected chi connectivity index (χ4v) is 1.99. The van der Waals surface area contributed by atoms with Crippen molar-refractivity contribution in [2.75, 3.05) is 6.61 Å². The Bertz CT molecular complexity index is 601. The number of halogens is 1. The van der Waals surface area contributed by atoms with Crippen molar-refractivity contribution in [3.8, 4) is 0 Å². The highest BCUT2D eigenvalue weighted by Gasteiger charge is 2.21. The van der Waals surface area contributed by atoms with Gasteiger partial charge in [-0.25, -0.2) is 4.79 Å². The van der Waals surface area contributed by atoms with Crippen LogP contribution in [0.1, 0.15) is 17.5 Å². The topological polar surface area (TPSA) is 116 Å². The van der Waals surface area contributed by atoms with E-state index >= 15 is 0 Å². The van der Waals surface area contributed by atoms with Crippen LogP contribution in [0.25, 0.3) is 0 Å². The smallest absolute Gasteiger partial charge is 0.405 e. The Hall–Kier alpha value is -2.00. The highest BCUT2D eigenvalue weighted by molar-refractivity contribution is 9.10. The maximum atomic E-state index is 11.0. The molecule has 0 bridgehead atoms. The van der Waals surface area contributed by atoms with E-state index in [2.05, 4.69) is 31.3 Å². The molecule has 1 aromatic heterocycles. The van der Waals surface area contributed by atoms with Crippen molar-refractivity contribution < 1.29 is 14.6 Å². The van der Waals surface area contributed by atoms with Crippen molar-refractivity contribution in [1.82, 2.24) is 20.2 Å². The van der Waals surface area contributed by atoms with Gasteiger partial charge in [-0.15, -0.1) is 10.2 Å². The molecule has 0 aliphatic rings. The van der Waals surface area contributed by atoms with Gasteiger partial charge < -0.3 is 15.6 Å². The minimum absolute atomic E-state index is 0.107. The number of tetrazole rings is 1. The molecule has 0 spiro atoms. The first kappa shape index (κ1) is 15.4. The van der Waals surface area contributed by atoms with Crippen LogP contribution in [0.2, 0.25) is 0 Å². The molecule has 0 aliphatic heterocycles. The Labute approximate surface area is 129 Å². The van der Waals surface area contributed by atoms with E-state index in [4.69, 9.17) is 15.6 Å². The van der Waals surface area contributed by atoms with Crippen LogP contribution in [-0.4, -0.2) is 38.0 Å². The third-order valence-electron chi connectivity index (χ3n) is 2.65. The largest absolute Gasteiger partial charge is 0.438 e. The average Bonchev–Trinajstić information content (AvgIpc) is 2.89. The fraction of sp³-hybridized carbons (Fsp3) is 0.333. The average molecular weight is 356 g/mol. The number of aromatic nitrogens is 4. The summed E-state index contributed by atoms with van der Waals surface area (Å²) in [6.07, 6.45) is -1.26. The highest BCUT2D eigenvalue weighted by Crippen LogP contribution is 2.20. The number of aliphatic hydroxyl groups is 1. The molecule has 3 N–H and O–H groups in total. The predicted octanol–water partition coefficient (Wildman–Crippen LogP) is 0.807. The molecule has 0 aliphatic carbocycles. The van der Waals surface area contributed by atoms with Gasteiger partial charge in [0.25, 0.3) is 0 Å². The van der Waals surface area contributed by atoms with Crippen LogP contribution in [-0.2, 0) is 17.7 Å². The van der Waals surface area contributed by atoms with Crippen LogP contribution < -0.4 is 5.73 Å². The first-order chi connectivity index (χ1) is 10.1. The summed E-state index contributed by atoms with van der Waals surface area (Å²) in [6, 6.07) is 7.54. The third kappa shape index (κ3) is 4.50. The summed E-state index contributed by atoms with van der Waals surface area (Å²) >= 11 is 3.35. The standard InChI is InChI=1S/C12H14BrN5O3/c13-9-3-1-8(2-4-9)7-10(21-12(14)20)11-15-17-18(16-11)5-6-19/h1-4,10,19H,5-7H2,(H2,14,20)/t10-/m0/s1. The van der Waals surface area contributed by atoms with Gasteiger partial charge in [-0.2, -0.15) is 4.80 Å². The van der Waals surface area contributed by atoms with E-state index in [0.29, 0.717) is 6.42 Å². The van der Waals surface area contributed by atoms with Gasteiger partial charge in [0.15, 0.2) is 6.10 Å². The Morgan fingerprint density at radius 3 is 2.76 bits per heavy atom. The van der Waals surface area contributed by atoms with Crippen molar-refractivity contribution in [2.45, 2.75) is 19.1 Å². The molecule has 9 heteroatoms. The number of aliphatic hydroxyl groups excluding tert-OH is 1. The van der Waals surface area contributed by atoms with E-state index in [9.17, 15) is 4.79 Å². The zero-order chi connectivity index (χ0) is 15.2. The molecule has 0 radical (unpaired) electrons. The highest BCUT2D eigenvalue weighted by atomic mass is 79.9. The maximum Gasteiger partial charge on any atom is 0.405 e. The maximum absolute atomic E-state index is 11.0. The van der Waals surface area contributed by atoms with E-state index in [1.165, 1.54) is 4.80 Å². The summed E-state index contributed by atoms with van der Waals surface area (Å²) in [5.74, 6) is 0.241. The van der Waals surface area contributed by atoms with Gasteiger partial charge in [-0.3, -0.25) is 0 Å². The summed E-state index contributed by atoms with van der Waals surface area (Å²) < 4.78 is 6.00. The number of hydrogen-bond donors (Lipinski definition) is 2. The summed E-state index contributed by atoms with van der Waals surface area (Å²) in [5.41, 5.74) is 6.02. The number of amides is 1. The Balaban J connectivity index is 2.16. The molecule has 112 valence electrons. The van der Waals surface area contributed by atoms with Gasteiger partial charge in [0, 0.05) is 10.9 Å². The lowest BCUT2D eigenvalue weighted by Gasteiger charge is -2.13. The first-order valence-corrected chi connectivity index (χ1v) is 6.97. The number of ether oxygens (including phenoxy) is 1. The molecule has 0 saturated heterocycles. The number of hydrogen-bond acceptors (Lipinski definition) is 6. The molecular weight excluding hydrogens is 342 g/mol. The van der Waals surface area contributed by atoms with Gasteiger partial charge >= 0.3 is 6.09 Å². The van der Waals surface area contributed by atoms with Crippen molar-refractivity contribution in [1.29, 1.82) is 0 Å². The number of nitrogens with zero attached hydrogens (tertiary/aromatic N) is 4. The second kappa shape index (κ2) is 7.14. The molecule has 2 aromatic rings. The number of rotatable bonds is 6. The zero-order valence-electron chi connectivity index (χ0n) is 11.0. The Kier molecular flexibility index (Phi) is 5.23. The van der Waals surface area contributed by atoms with Crippen LogP contribution in [0.5, 0.6) is 0 Å². The molecule has 1 amide bonds. The number of nitrogens with two attached hydrogens (primary N) is 1. The second-order valence-corrected chi connectivity index (χ2v) is 5.14. The lowest BCUT2D eigenvalue weighted by atomic mass is 10.1. The van der Waals surface area contributed by atoms with E-state index < -0.39 is 12.2 Å². The summed E-state index contributed by atoms with van der Waals surface area (Å²) in [6.45, 7) is 0.110. The minimum atomic E-state index is -0.907. The van der Waals surface area contributed by atoms with Crippen molar-refractivity contribution in [2.24, 2.45) is 5.73 Å². The van der Waals surface area contributed by atoms with Gasteiger partial charge in [0.1, 0.15) is 0 Å². The van der Waals surface area contributed by atoms with Gasteiger partial charge in [-0.05, 0) is 22.9 Å². The first-order valence-electron chi connectivity index (χ1n) is 6.17. The molecule has 1 heterocycles. The molecule has 1 aromatic carbocycles. The summed E-state index contributed by atoms with van der Waals surface area (Å²) in [4.78, 5) is 12.3. The van der Waals surface area contributed by atoms with Gasteiger partial charge in [-0.1, -0.05) is 28.1 Å². The van der Waals surface area contributed by atoms with Crippen molar-refractivity contribution in [3.63, 3.8) is 0 Å². The van der Waals surface area contributed by atoms with Crippen molar-refractivity contribution in [3.05, 3.63) is 40.1 Å². The zero-order valence-corrected chi connectivity index (χ0v) is 12.6. The van der Waals surface area contributed by atoms with Crippen LogP contribution in [0, 0.1) is 0 Å². The van der Waals surface area contributed by atoms with E-state index in [-0.39, 0.29) is 19.0 Å². The number of primary amides is 1. The number of benzene rings is 1. The molecular formula is C12H14BrN5O3.